The van der Waals surface area contributed by atoms with E-state index in [0.29, 0.717) is 0 Å². The summed E-state index contributed by atoms with van der Waals surface area (Å²) in [4.78, 5) is 13.2. The van der Waals surface area contributed by atoms with E-state index < -0.39 is 0 Å². The van der Waals surface area contributed by atoms with E-state index in [-0.39, 0.29) is 5.56 Å². The van der Waals surface area contributed by atoms with Crippen molar-refractivity contribution in [1.29, 1.82) is 0 Å². The molecule has 0 spiro atoms. The number of hydrogen-bond acceptors (Lipinski definition) is 1. The van der Waals surface area contributed by atoms with E-state index >= 15 is 0 Å². The molecule has 0 atom stereocenters. The summed E-state index contributed by atoms with van der Waals surface area (Å²) in [5, 5.41) is 0. The minimum atomic E-state index is -0.0418. The lowest BCUT2D eigenvalue weighted by Gasteiger charge is -1.93. The SMILES string of the molecule is C[B]Cc1ccc(=O)[nH]c1. The van der Waals surface area contributed by atoms with E-state index in [1.165, 1.54) is 0 Å². The molecule has 1 radical (unpaired) electrons. The molecule has 1 N–H and O–H groups in total. The minimum absolute atomic E-state index is 0.0418. The second-order valence-electron chi connectivity index (χ2n) is 2.17. The molecule has 0 unspecified atom stereocenters. The van der Waals surface area contributed by atoms with Crippen LogP contribution in [0, 0.1) is 0 Å². The number of pyridine rings is 1. The highest BCUT2D eigenvalue weighted by Crippen LogP contribution is 1.91. The molecule has 0 aliphatic heterocycles. The zero-order valence-corrected chi connectivity index (χ0v) is 5.92. The number of aromatic amines is 1. The maximum atomic E-state index is 10.6. The Morgan fingerprint density at radius 2 is 2.40 bits per heavy atom. The largest absolute Gasteiger partial charge is 0.329 e. The van der Waals surface area contributed by atoms with E-state index in [1.807, 2.05) is 20.2 Å². The van der Waals surface area contributed by atoms with E-state index in [2.05, 4.69) is 4.98 Å². The lowest BCUT2D eigenvalue weighted by atomic mass is 9.75. The first-order chi connectivity index (χ1) is 4.83. The third-order valence-corrected chi connectivity index (χ3v) is 1.29. The first kappa shape index (κ1) is 7.13. The number of rotatable bonds is 2. The summed E-state index contributed by atoms with van der Waals surface area (Å²) in [5.41, 5.74) is 1.10. The first-order valence-corrected chi connectivity index (χ1v) is 3.28. The average Bonchev–Trinajstić information content (AvgIpc) is 1.95. The topological polar surface area (TPSA) is 32.9 Å². The Hall–Kier alpha value is -0.985. The average molecular weight is 134 g/mol. The van der Waals surface area contributed by atoms with Crippen molar-refractivity contribution in [1.82, 2.24) is 4.98 Å². The molecule has 51 valence electrons. The first-order valence-electron chi connectivity index (χ1n) is 3.28. The Bertz CT molecular complexity index is 236. The van der Waals surface area contributed by atoms with Gasteiger partial charge in [0.2, 0.25) is 5.56 Å². The lowest BCUT2D eigenvalue weighted by molar-refractivity contribution is 1.18. The van der Waals surface area contributed by atoms with Gasteiger partial charge in [0, 0.05) is 12.3 Å². The van der Waals surface area contributed by atoms with Crippen molar-refractivity contribution in [2.45, 2.75) is 13.1 Å². The summed E-state index contributed by atoms with van der Waals surface area (Å²) in [6.07, 6.45) is 2.65. The third-order valence-electron chi connectivity index (χ3n) is 1.29. The summed E-state index contributed by atoms with van der Waals surface area (Å²) < 4.78 is 0. The van der Waals surface area contributed by atoms with E-state index in [9.17, 15) is 4.79 Å². The van der Waals surface area contributed by atoms with Crippen LogP contribution in [0.5, 0.6) is 0 Å². The Morgan fingerprint density at radius 3 is 2.90 bits per heavy atom. The van der Waals surface area contributed by atoms with Gasteiger partial charge in [0.25, 0.3) is 0 Å². The van der Waals surface area contributed by atoms with Gasteiger partial charge in [0.1, 0.15) is 7.28 Å². The van der Waals surface area contributed by atoms with Crippen LogP contribution in [0.15, 0.2) is 23.1 Å². The van der Waals surface area contributed by atoms with Crippen molar-refractivity contribution in [2.24, 2.45) is 0 Å². The number of hydrogen-bond donors (Lipinski definition) is 1. The van der Waals surface area contributed by atoms with E-state index in [4.69, 9.17) is 0 Å². The Balaban J connectivity index is 2.79. The number of H-pyrrole nitrogens is 1. The van der Waals surface area contributed by atoms with Crippen LogP contribution < -0.4 is 5.56 Å². The van der Waals surface area contributed by atoms with Gasteiger partial charge in [-0.15, -0.1) is 0 Å². The monoisotopic (exact) mass is 134 g/mol. The normalized spacial score (nSPS) is 9.30. The van der Waals surface area contributed by atoms with Crippen molar-refractivity contribution in [2.75, 3.05) is 0 Å². The predicted molar refractivity (Wildman–Crippen MR) is 42.4 cm³/mol. The number of aromatic nitrogens is 1. The molecule has 3 heteroatoms. The van der Waals surface area contributed by atoms with Crippen LogP contribution in [0.1, 0.15) is 5.56 Å². The van der Waals surface area contributed by atoms with Crippen LogP contribution in [-0.2, 0) is 6.32 Å². The predicted octanol–water partition coefficient (Wildman–Crippen LogP) is 0.627. The molecule has 0 saturated carbocycles. The Kier molecular flexibility index (Phi) is 2.32. The highest BCUT2D eigenvalue weighted by molar-refractivity contribution is 6.32. The molecule has 0 aromatic carbocycles. The molecule has 0 aliphatic rings. The second-order valence-corrected chi connectivity index (χ2v) is 2.17. The fourth-order valence-corrected chi connectivity index (χ4v) is 0.805. The smallest absolute Gasteiger partial charge is 0.247 e. The van der Waals surface area contributed by atoms with Gasteiger partial charge in [-0.1, -0.05) is 19.2 Å². The van der Waals surface area contributed by atoms with Crippen LogP contribution in [-0.4, -0.2) is 12.3 Å². The zero-order valence-electron chi connectivity index (χ0n) is 5.92. The zero-order chi connectivity index (χ0) is 7.40. The van der Waals surface area contributed by atoms with Crippen molar-refractivity contribution >= 4 is 7.28 Å². The lowest BCUT2D eigenvalue weighted by Crippen LogP contribution is -2.03. The van der Waals surface area contributed by atoms with Gasteiger partial charge in [-0.2, -0.15) is 0 Å². The highest BCUT2D eigenvalue weighted by Gasteiger charge is 1.88. The summed E-state index contributed by atoms with van der Waals surface area (Å²) in [6, 6.07) is 3.37. The third kappa shape index (κ3) is 1.76. The summed E-state index contributed by atoms with van der Waals surface area (Å²) in [5.74, 6) is 0. The molecule has 1 rings (SSSR count). The standard InChI is InChI=1S/C7H9BNO/c1-8-4-6-2-3-7(10)9-5-6/h2-3,5H,4H2,1H3,(H,9,10). The molecule has 1 heterocycles. The Morgan fingerprint density at radius 1 is 1.60 bits per heavy atom. The van der Waals surface area contributed by atoms with Gasteiger partial charge in [-0.3, -0.25) is 4.79 Å². The van der Waals surface area contributed by atoms with Crippen LogP contribution in [0.4, 0.5) is 0 Å². The van der Waals surface area contributed by atoms with Crippen molar-refractivity contribution in [3.8, 4) is 0 Å². The molecular formula is C7H9BNO. The molecule has 0 aliphatic carbocycles. The van der Waals surface area contributed by atoms with Gasteiger partial charge in [-0.05, 0) is 5.56 Å². The molecule has 2 nitrogen and oxygen atoms in total. The van der Waals surface area contributed by atoms with Gasteiger partial charge in [0.05, 0.1) is 0 Å². The molecule has 0 saturated heterocycles. The summed E-state index contributed by atoms with van der Waals surface area (Å²) in [7, 11) is 2.05. The number of nitrogens with one attached hydrogen (secondary N) is 1. The minimum Gasteiger partial charge on any atom is -0.329 e. The second kappa shape index (κ2) is 3.25. The fourth-order valence-electron chi connectivity index (χ4n) is 0.805. The molecule has 10 heavy (non-hydrogen) atoms. The molecule has 0 fully saturated rings. The molecule has 1 aromatic rings. The molecular weight excluding hydrogens is 125 g/mol. The quantitative estimate of drug-likeness (QED) is 0.591. The van der Waals surface area contributed by atoms with Crippen LogP contribution in [0.25, 0.3) is 0 Å². The van der Waals surface area contributed by atoms with Crippen LogP contribution in [0.3, 0.4) is 0 Å². The van der Waals surface area contributed by atoms with Gasteiger partial charge >= 0.3 is 0 Å². The molecule has 0 amide bonds. The van der Waals surface area contributed by atoms with Gasteiger partial charge in [0.15, 0.2) is 0 Å². The van der Waals surface area contributed by atoms with E-state index in [0.717, 1.165) is 11.9 Å². The summed E-state index contributed by atoms with van der Waals surface area (Å²) in [6.45, 7) is 1.99. The van der Waals surface area contributed by atoms with Gasteiger partial charge in [-0.25, -0.2) is 0 Å². The van der Waals surface area contributed by atoms with Crippen molar-refractivity contribution in [3.05, 3.63) is 34.2 Å². The van der Waals surface area contributed by atoms with Crippen LogP contribution >= 0.6 is 0 Å². The fraction of sp³-hybridized carbons (Fsp3) is 0.286. The van der Waals surface area contributed by atoms with E-state index in [1.54, 1.807) is 12.3 Å². The maximum absolute atomic E-state index is 10.6. The van der Waals surface area contributed by atoms with Gasteiger partial charge < -0.3 is 4.98 Å². The molecule has 0 bridgehead atoms. The van der Waals surface area contributed by atoms with Crippen LogP contribution in [0.2, 0.25) is 6.82 Å². The van der Waals surface area contributed by atoms with Crippen molar-refractivity contribution < 1.29 is 0 Å². The Labute approximate surface area is 60.5 Å². The molecule has 1 aromatic heterocycles. The highest BCUT2D eigenvalue weighted by atomic mass is 16.1. The summed E-state index contributed by atoms with van der Waals surface area (Å²) >= 11 is 0. The van der Waals surface area contributed by atoms with Crippen molar-refractivity contribution in [3.63, 3.8) is 0 Å². The maximum Gasteiger partial charge on any atom is 0.247 e.